The van der Waals surface area contributed by atoms with Crippen molar-refractivity contribution in [2.45, 2.75) is 5.16 Å². The summed E-state index contributed by atoms with van der Waals surface area (Å²) in [5.74, 6) is -0.492. The Kier molecular flexibility index (Phi) is 1.96. The zero-order valence-corrected chi connectivity index (χ0v) is 6.07. The summed E-state index contributed by atoms with van der Waals surface area (Å²) >= 11 is 1.23. The molecule has 0 aliphatic heterocycles. The zero-order chi connectivity index (χ0) is 7.56. The van der Waals surface area contributed by atoms with Gasteiger partial charge in [0.15, 0.2) is 5.16 Å². The third-order valence-electron chi connectivity index (χ3n) is 0.890. The van der Waals surface area contributed by atoms with Gasteiger partial charge in [-0.25, -0.2) is 4.98 Å². The number of aromatic amines is 1. The first-order valence-electron chi connectivity index (χ1n) is 2.55. The van der Waals surface area contributed by atoms with Crippen LogP contribution in [-0.2, 0) is 0 Å². The Hall–Kier alpha value is -0.970. The second kappa shape index (κ2) is 2.74. The van der Waals surface area contributed by atoms with E-state index in [1.807, 2.05) is 0 Å². The molecule has 0 unspecified atom stereocenters. The van der Waals surface area contributed by atoms with E-state index in [9.17, 15) is 9.90 Å². The van der Waals surface area contributed by atoms with Gasteiger partial charge in [-0.3, -0.25) is 4.79 Å². The average Bonchev–Trinajstić information content (AvgIpc) is 1.85. The van der Waals surface area contributed by atoms with Gasteiger partial charge in [0.05, 0.1) is 0 Å². The molecule has 5 heteroatoms. The average molecular weight is 157 g/mol. The van der Waals surface area contributed by atoms with Crippen LogP contribution in [0.15, 0.2) is 16.0 Å². The van der Waals surface area contributed by atoms with E-state index in [2.05, 4.69) is 9.97 Å². The van der Waals surface area contributed by atoms with E-state index in [-0.39, 0.29) is 0 Å². The van der Waals surface area contributed by atoms with Crippen LogP contribution in [0.4, 0.5) is 0 Å². The van der Waals surface area contributed by atoms with Gasteiger partial charge in [-0.05, 0) is 12.1 Å². The lowest BCUT2D eigenvalue weighted by atomic mass is 10.6. The van der Waals surface area contributed by atoms with E-state index in [4.69, 9.17) is 0 Å². The predicted octanol–water partition coefficient (Wildman–Crippen LogP) is -0.435. The van der Waals surface area contributed by atoms with Crippen LogP contribution in [0.2, 0.25) is 0 Å². The molecule has 0 aromatic carbocycles. The summed E-state index contributed by atoms with van der Waals surface area (Å²) in [5, 5.41) is 10.9. The minimum absolute atomic E-state index is 0.359. The molecule has 1 aromatic rings. The Balaban J connectivity index is 3.19. The Morgan fingerprint density at radius 2 is 2.50 bits per heavy atom. The Morgan fingerprint density at radius 3 is 3.00 bits per heavy atom. The third-order valence-corrected chi connectivity index (χ3v) is 1.47. The molecule has 54 valence electrons. The van der Waals surface area contributed by atoms with E-state index < -0.39 is 11.4 Å². The summed E-state index contributed by atoms with van der Waals surface area (Å²) in [6, 6.07) is 0.916. The van der Waals surface area contributed by atoms with Crippen LogP contribution in [0.1, 0.15) is 0 Å². The van der Waals surface area contributed by atoms with Gasteiger partial charge in [0.25, 0.3) is 5.56 Å². The fraction of sp³-hybridized carbons (Fsp3) is 0.200. The van der Waals surface area contributed by atoms with Gasteiger partial charge in [0, 0.05) is 6.07 Å². The van der Waals surface area contributed by atoms with Crippen molar-refractivity contribution in [2.24, 2.45) is 0 Å². The Labute approximate surface area is 61.3 Å². The summed E-state index contributed by atoms with van der Waals surface area (Å²) in [6.45, 7) is 0. The molecule has 0 saturated carbocycles. The highest BCUT2D eigenvalue weighted by Gasteiger charge is 1.90. The minimum atomic E-state index is -0.492. The normalized spacial score (nSPS) is 9.70. The van der Waals surface area contributed by atoms with Crippen molar-refractivity contribution < 1.29 is 5.11 Å². The lowest BCUT2D eigenvalue weighted by Crippen LogP contribution is -2.09. The molecule has 0 spiro atoms. The zero-order valence-electron chi connectivity index (χ0n) is 5.25. The van der Waals surface area contributed by atoms with Crippen molar-refractivity contribution in [3.63, 3.8) is 0 Å². The van der Waals surface area contributed by atoms with Crippen molar-refractivity contribution in [3.05, 3.63) is 16.4 Å². The highest BCUT2D eigenvalue weighted by molar-refractivity contribution is 7.98. The first-order chi connectivity index (χ1) is 4.72. The molecule has 0 radical (unpaired) electrons. The molecule has 0 fully saturated rings. The molecule has 0 saturated heterocycles. The van der Waals surface area contributed by atoms with Crippen molar-refractivity contribution in [1.82, 2.24) is 9.97 Å². The highest BCUT2D eigenvalue weighted by atomic mass is 32.2. The molecule has 10 heavy (non-hydrogen) atoms. The maximum Gasteiger partial charge on any atom is 0.250 e. The van der Waals surface area contributed by atoms with Gasteiger partial charge in [-0.2, -0.15) is 0 Å². The first-order valence-corrected chi connectivity index (χ1v) is 3.77. The molecule has 0 aliphatic carbocycles. The second-order valence-corrected chi connectivity index (χ2v) is 2.39. The Morgan fingerprint density at radius 1 is 1.80 bits per heavy atom. The second-order valence-electron chi connectivity index (χ2n) is 1.59. The molecular weight excluding hydrogens is 152 g/mol. The number of nitrogens with one attached hydrogen (secondary N) is 1. The van der Waals surface area contributed by atoms with Crippen LogP contribution in [0, 0.1) is 0 Å². The number of aromatic nitrogens is 2. The summed E-state index contributed by atoms with van der Waals surface area (Å²) < 4.78 is 0. The van der Waals surface area contributed by atoms with Crippen LogP contribution >= 0.6 is 11.8 Å². The van der Waals surface area contributed by atoms with E-state index in [1.165, 1.54) is 11.8 Å². The number of H-pyrrole nitrogens is 1. The minimum Gasteiger partial charge on any atom is -0.858 e. The van der Waals surface area contributed by atoms with Gasteiger partial charge >= 0.3 is 0 Å². The molecule has 0 amide bonds. The van der Waals surface area contributed by atoms with Crippen molar-refractivity contribution in [1.29, 1.82) is 0 Å². The summed E-state index contributed by atoms with van der Waals surface area (Å²) in [5.41, 5.74) is -0.399. The fourth-order valence-corrected chi connectivity index (χ4v) is 0.895. The summed E-state index contributed by atoms with van der Waals surface area (Å²) in [7, 11) is 0. The van der Waals surface area contributed by atoms with E-state index in [0.717, 1.165) is 6.07 Å². The molecule has 0 aliphatic rings. The van der Waals surface area contributed by atoms with Crippen LogP contribution in [0.3, 0.4) is 0 Å². The predicted molar refractivity (Wildman–Crippen MR) is 36.1 cm³/mol. The third kappa shape index (κ3) is 1.51. The number of thioether (sulfide) groups is 1. The van der Waals surface area contributed by atoms with Crippen molar-refractivity contribution >= 4 is 11.8 Å². The highest BCUT2D eigenvalue weighted by Crippen LogP contribution is 2.06. The summed E-state index contributed by atoms with van der Waals surface area (Å²) in [6.07, 6.45) is 1.73. The lowest BCUT2D eigenvalue weighted by Gasteiger charge is -2.02. The standard InChI is InChI=1S/C5H6N2O2S/c1-10-5-6-3(8)2-4(9)7-5/h2H,1H3,(H2,6,7,8,9)/p-1. The molecule has 1 N–H and O–H groups in total. The topological polar surface area (TPSA) is 68.8 Å². The smallest absolute Gasteiger partial charge is 0.250 e. The van der Waals surface area contributed by atoms with Crippen molar-refractivity contribution in [2.75, 3.05) is 6.26 Å². The molecule has 1 rings (SSSR count). The molecule has 1 aromatic heterocycles. The SMILES string of the molecule is CSc1nc([O-])cc(=O)[nH]1. The number of hydrogen-bond acceptors (Lipinski definition) is 4. The lowest BCUT2D eigenvalue weighted by molar-refractivity contribution is -0.275. The van der Waals surface area contributed by atoms with Crippen LogP contribution in [0.25, 0.3) is 0 Å². The monoisotopic (exact) mass is 157 g/mol. The van der Waals surface area contributed by atoms with E-state index in [1.54, 1.807) is 6.26 Å². The summed E-state index contributed by atoms with van der Waals surface area (Å²) in [4.78, 5) is 16.5. The maximum absolute atomic E-state index is 10.6. The number of nitrogens with zero attached hydrogens (tertiary/aromatic N) is 1. The van der Waals surface area contributed by atoms with E-state index >= 15 is 0 Å². The van der Waals surface area contributed by atoms with Crippen LogP contribution < -0.4 is 10.7 Å². The number of rotatable bonds is 1. The molecule has 0 bridgehead atoms. The molecular formula is C5H5N2O2S-. The number of hydrogen-bond donors (Lipinski definition) is 1. The van der Waals surface area contributed by atoms with Gasteiger partial charge in [0.2, 0.25) is 0 Å². The first kappa shape index (κ1) is 7.14. The largest absolute Gasteiger partial charge is 0.858 e. The van der Waals surface area contributed by atoms with Crippen LogP contribution in [0.5, 0.6) is 5.88 Å². The van der Waals surface area contributed by atoms with Crippen molar-refractivity contribution in [3.8, 4) is 5.88 Å². The quantitative estimate of drug-likeness (QED) is 0.443. The van der Waals surface area contributed by atoms with Gasteiger partial charge < -0.3 is 10.1 Å². The van der Waals surface area contributed by atoms with Gasteiger partial charge in [-0.15, -0.1) is 0 Å². The molecule has 4 nitrogen and oxygen atoms in total. The fourth-order valence-electron chi connectivity index (χ4n) is 0.511. The Bertz CT molecular complexity index is 283. The molecule has 0 atom stereocenters. The van der Waals surface area contributed by atoms with E-state index in [0.29, 0.717) is 5.16 Å². The maximum atomic E-state index is 10.6. The van der Waals surface area contributed by atoms with Gasteiger partial charge in [-0.1, -0.05) is 11.8 Å². The molecule has 1 heterocycles. The van der Waals surface area contributed by atoms with Crippen LogP contribution in [-0.4, -0.2) is 16.2 Å². The van der Waals surface area contributed by atoms with Gasteiger partial charge in [0.1, 0.15) is 0 Å².